The second kappa shape index (κ2) is 4.40. The fourth-order valence-corrected chi connectivity index (χ4v) is 2.24. The van der Waals surface area contributed by atoms with Gasteiger partial charge in [0.15, 0.2) is 0 Å². The van der Waals surface area contributed by atoms with E-state index in [0.717, 1.165) is 16.6 Å². The number of rotatable bonds is 2. The monoisotopic (exact) mass is 270 g/mol. The lowest BCUT2D eigenvalue weighted by atomic mass is 10.1. The van der Waals surface area contributed by atoms with Crippen molar-refractivity contribution in [2.24, 2.45) is 5.73 Å². The molecule has 3 rings (SSSR count). The number of aromatic nitrogens is 2. The molecule has 0 bridgehead atoms. The van der Waals surface area contributed by atoms with Crippen LogP contribution in [0.25, 0.3) is 16.6 Å². The lowest BCUT2D eigenvalue weighted by Crippen LogP contribution is -2.15. The van der Waals surface area contributed by atoms with Gasteiger partial charge in [-0.2, -0.15) is 5.10 Å². The highest BCUT2D eigenvalue weighted by Gasteiger charge is 2.11. The first kappa shape index (κ1) is 11.7. The molecular formula is C14H11ClN4. The van der Waals surface area contributed by atoms with Crippen molar-refractivity contribution in [1.29, 1.82) is 5.41 Å². The van der Waals surface area contributed by atoms with Gasteiger partial charge in [-0.3, -0.25) is 5.41 Å². The zero-order valence-corrected chi connectivity index (χ0v) is 10.7. The van der Waals surface area contributed by atoms with E-state index in [0.29, 0.717) is 10.6 Å². The molecule has 0 spiro atoms. The molecule has 0 unspecified atom stereocenters. The van der Waals surface area contributed by atoms with Gasteiger partial charge in [-0.1, -0.05) is 29.8 Å². The van der Waals surface area contributed by atoms with Crippen molar-refractivity contribution in [2.45, 2.75) is 0 Å². The molecule has 2 aromatic carbocycles. The summed E-state index contributed by atoms with van der Waals surface area (Å²) in [5, 5.41) is 13.6. The Hall–Kier alpha value is -2.33. The van der Waals surface area contributed by atoms with Gasteiger partial charge in [0.2, 0.25) is 0 Å². The van der Waals surface area contributed by atoms with Crippen molar-refractivity contribution in [3.63, 3.8) is 0 Å². The average Bonchev–Trinajstić information content (AvgIpc) is 2.82. The molecule has 0 amide bonds. The molecule has 3 N–H and O–H groups in total. The first-order chi connectivity index (χ1) is 9.16. The Kier molecular flexibility index (Phi) is 2.72. The zero-order chi connectivity index (χ0) is 13.4. The minimum absolute atomic E-state index is 0.0305. The average molecular weight is 271 g/mol. The van der Waals surface area contributed by atoms with E-state index in [1.54, 1.807) is 23.0 Å². The van der Waals surface area contributed by atoms with Gasteiger partial charge in [-0.25, -0.2) is 4.68 Å². The molecule has 3 aromatic rings. The Morgan fingerprint density at radius 1 is 1.21 bits per heavy atom. The molecule has 94 valence electrons. The van der Waals surface area contributed by atoms with Crippen LogP contribution in [0.5, 0.6) is 0 Å². The first-order valence-electron chi connectivity index (χ1n) is 5.74. The number of nitrogen functional groups attached to an aromatic ring is 1. The van der Waals surface area contributed by atoms with Crippen LogP contribution in [0.4, 0.5) is 0 Å². The van der Waals surface area contributed by atoms with Crippen LogP contribution in [-0.2, 0) is 0 Å². The number of nitrogens with two attached hydrogens (primary N) is 1. The summed E-state index contributed by atoms with van der Waals surface area (Å²) < 4.78 is 1.77. The van der Waals surface area contributed by atoms with Crippen LogP contribution in [0.3, 0.4) is 0 Å². The number of hydrogen-bond acceptors (Lipinski definition) is 2. The number of fused-ring (bicyclic) bond motifs is 1. The van der Waals surface area contributed by atoms with Crippen LogP contribution >= 0.6 is 11.6 Å². The minimum Gasteiger partial charge on any atom is -0.384 e. The number of benzene rings is 2. The second-order valence-electron chi connectivity index (χ2n) is 4.19. The van der Waals surface area contributed by atoms with Gasteiger partial charge in [-0.15, -0.1) is 0 Å². The number of hydrogen-bond donors (Lipinski definition) is 2. The van der Waals surface area contributed by atoms with Gasteiger partial charge < -0.3 is 5.73 Å². The third kappa shape index (κ3) is 1.96. The van der Waals surface area contributed by atoms with Gasteiger partial charge in [0.1, 0.15) is 5.84 Å². The lowest BCUT2D eigenvalue weighted by Gasteiger charge is -2.10. The topological polar surface area (TPSA) is 67.7 Å². The maximum Gasteiger partial charge on any atom is 0.125 e. The van der Waals surface area contributed by atoms with E-state index in [9.17, 15) is 0 Å². The van der Waals surface area contributed by atoms with Gasteiger partial charge in [0.25, 0.3) is 0 Å². The Labute approximate surface area is 114 Å². The van der Waals surface area contributed by atoms with E-state index in [-0.39, 0.29) is 5.84 Å². The van der Waals surface area contributed by atoms with Crippen LogP contribution < -0.4 is 5.73 Å². The molecule has 0 saturated carbocycles. The molecule has 19 heavy (non-hydrogen) atoms. The number of amidine groups is 1. The Balaban J connectivity index is 2.30. The van der Waals surface area contributed by atoms with Crippen molar-refractivity contribution < 1.29 is 0 Å². The van der Waals surface area contributed by atoms with Crippen molar-refractivity contribution >= 4 is 28.3 Å². The van der Waals surface area contributed by atoms with Crippen LogP contribution in [-0.4, -0.2) is 15.6 Å². The van der Waals surface area contributed by atoms with Crippen LogP contribution in [0.1, 0.15) is 5.56 Å². The van der Waals surface area contributed by atoms with Crippen LogP contribution in [0.15, 0.2) is 48.7 Å². The second-order valence-corrected chi connectivity index (χ2v) is 4.63. The molecule has 0 aliphatic carbocycles. The highest BCUT2D eigenvalue weighted by Crippen LogP contribution is 2.23. The zero-order valence-electron chi connectivity index (χ0n) is 9.97. The maximum absolute atomic E-state index is 7.66. The molecule has 0 atom stereocenters. The van der Waals surface area contributed by atoms with E-state index >= 15 is 0 Å². The largest absolute Gasteiger partial charge is 0.384 e. The predicted molar refractivity (Wildman–Crippen MR) is 77.1 cm³/mol. The molecule has 0 radical (unpaired) electrons. The highest BCUT2D eigenvalue weighted by molar-refractivity contribution is 6.31. The number of nitrogens with one attached hydrogen (secondary N) is 1. The number of nitrogens with zero attached hydrogens (tertiary/aromatic N) is 2. The van der Waals surface area contributed by atoms with Crippen molar-refractivity contribution in [3.05, 3.63) is 59.2 Å². The molecular weight excluding hydrogens is 260 g/mol. The summed E-state index contributed by atoms with van der Waals surface area (Å²) in [6.07, 6.45) is 1.79. The standard InChI is InChI=1S/C14H11ClN4/c15-10-5-6-13(11(7-10)14(16)17)19-12-4-2-1-3-9(12)8-18-19/h1-8H,(H3,16,17). The van der Waals surface area contributed by atoms with E-state index < -0.39 is 0 Å². The SMILES string of the molecule is N=C(N)c1cc(Cl)ccc1-n1ncc2ccccc21. The van der Waals surface area contributed by atoms with E-state index in [2.05, 4.69) is 5.10 Å². The summed E-state index contributed by atoms with van der Waals surface area (Å²) in [6, 6.07) is 13.1. The summed E-state index contributed by atoms with van der Waals surface area (Å²) in [5.41, 5.74) is 7.90. The van der Waals surface area contributed by atoms with Crippen molar-refractivity contribution in [2.75, 3.05) is 0 Å². The summed E-state index contributed by atoms with van der Waals surface area (Å²) >= 11 is 5.96. The van der Waals surface area contributed by atoms with Gasteiger partial charge in [0.05, 0.1) is 17.4 Å². The Bertz CT molecular complexity index is 776. The van der Waals surface area contributed by atoms with Crippen LogP contribution in [0.2, 0.25) is 5.02 Å². The fraction of sp³-hybridized carbons (Fsp3) is 0. The van der Waals surface area contributed by atoms with Gasteiger partial charge >= 0.3 is 0 Å². The maximum atomic E-state index is 7.66. The van der Waals surface area contributed by atoms with Gasteiger partial charge in [-0.05, 0) is 24.3 Å². The summed E-state index contributed by atoms with van der Waals surface area (Å²) in [5.74, 6) is -0.0305. The fourth-order valence-electron chi connectivity index (χ4n) is 2.07. The molecule has 0 fully saturated rings. The normalized spacial score (nSPS) is 10.8. The number of para-hydroxylation sites is 1. The van der Waals surface area contributed by atoms with Crippen molar-refractivity contribution in [3.8, 4) is 5.69 Å². The molecule has 0 saturated heterocycles. The third-order valence-electron chi connectivity index (χ3n) is 2.95. The van der Waals surface area contributed by atoms with Crippen molar-refractivity contribution in [1.82, 2.24) is 9.78 Å². The molecule has 1 heterocycles. The molecule has 4 nitrogen and oxygen atoms in total. The summed E-state index contributed by atoms with van der Waals surface area (Å²) in [6.45, 7) is 0. The van der Waals surface area contributed by atoms with E-state index in [1.807, 2.05) is 30.3 Å². The predicted octanol–water partition coefficient (Wildman–Crippen LogP) is 2.96. The molecule has 0 aliphatic rings. The third-order valence-corrected chi connectivity index (χ3v) is 3.19. The Morgan fingerprint density at radius 2 is 2.00 bits per heavy atom. The Morgan fingerprint density at radius 3 is 2.79 bits per heavy atom. The molecule has 5 heteroatoms. The van der Waals surface area contributed by atoms with E-state index in [4.69, 9.17) is 22.7 Å². The minimum atomic E-state index is -0.0305. The summed E-state index contributed by atoms with van der Waals surface area (Å²) in [7, 11) is 0. The summed E-state index contributed by atoms with van der Waals surface area (Å²) in [4.78, 5) is 0. The quantitative estimate of drug-likeness (QED) is 0.555. The van der Waals surface area contributed by atoms with E-state index in [1.165, 1.54) is 0 Å². The van der Waals surface area contributed by atoms with Crippen LogP contribution in [0, 0.1) is 5.41 Å². The highest BCUT2D eigenvalue weighted by atomic mass is 35.5. The smallest absolute Gasteiger partial charge is 0.125 e. The molecule has 0 aliphatic heterocycles. The first-order valence-corrected chi connectivity index (χ1v) is 6.12. The molecule has 1 aromatic heterocycles. The lowest BCUT2D eigenvalue weighted by molar-refractivity contribution is 0.908. The number of halogens is 1. The van der Waals surface area contributed by atoms with Gasteiger partial charge in [0, 0.05) is 16.0 Å².